The third kappa shape index (κ3) is 2.41. The molecule has 2 rings (SSSR count). The average Bonchev–Trinajstić information content (AvgIpc) is 2.73. The van der Waals surface area contributed by atoms with Gasteiger partial charge in [-0.3, -0.25) is 0 Å². The standard InChI is InChI=1S/C10H10F3N5/c1-2-18-7(6-16-8(18)10(11,12)13)17-9-14-4-3-5-15-9/h3-6H,2H2,1H3,(H,14,15,17). The molecular formula is C10H10F3N5. The molecule has 0 spiro atoms. The Morgan fingerprint density at radius 3 is 2.44 bits per heavy atom. The van der Waals surface area contributed by atoms with Crippen LogP contribution in [0.1, 0.15) is 12.7 Å². The summed E-state index contributed by atoms with van der Waals surface area (Å²) in [5.41, 5.74) is 0. The van der Waals surface area contributed by atoms with Crippen molar-refractivity contribution in [3.8, 4) is 0 Å². The van der Waals surface area contributed by atoms with Gasteiger partial charge in [0, 0.05) is 18.9 Å². The summed E-state index contributed by atoms with van der Waals surface area (Å²) in [5.74, 6) is -0.514. The molecule has 5 nitrogen and oxygen atoms in total. The predicted molar refractivity (Wildman–Crippen MR) is 58.2 cm³/mol. The summed E-state index contributed by atoms with van der Waals surface area (Å²) in [5, 5.41) is 2.69. The maximum absolute atomic E-state index is 12.6. The van der Waals surface area contributed by atoms with Crippen molar-refractivity contribution in [3.05, 3.63) is 30.5 Å². The van der Waals surface area contributed by atoms with Crippen LogP contribution in [0.5, 0.6) is 0 Å². The summed E-state index contributed by atoms with van der Waals surface area (Å²) in [4.78, 5) is 11.1. The summed E-state index contributed by atoms with van der Waals surface area (Å²) >= 11 is 0. The number of hydrogen-bond donors (Lipinski definition) is 1. The topological polar surface area (TPSA) is 55.6 Å². The van der Waals surface area contributed by atoms with Crippen LogP contribution in [0.3, 0.4) is 0 Å². The minimum absolute atomic E-state index is 0.143. The molecule has 0 saturated heterocycles. The van der Waals surface area contributed by atoms with Crippen LogP contribution in [0.4, 0.5) is 24.9 Å². The van der Waals surface area contributed by atoms with Gasteiger partial charge < -0.3 is 9.88 Å². The lowest BCUT2D eigenvalue weighted by molar-refractivity contribution is -0.147. The summed E-state index contributed by atoms with van der Waals surface area (Å²) in [6.45, 7) is 1.75. The van der Waals surface area contributed by atoms with Gasteiger partial charge in [0.1, 0.15) is 5.82 Å². The van der Waals surface area contributed by atoms with Crippen molar-refractivity contribution in [2.24, 2.45) is 0 Å². The largest absolute Gasteiger partial charge is 0.449 e. The normalized spacial score (nSPS) is 11.6. The quantitative estimate of drug-likeness (QED) is 0.917. The Kier molecular flexibility index (Phi) is 3.17. The van der Waals surface area contributed by atoms with E-state index in [1.165, 1.54) is 12.4 Å². The van der Waals surface area contributed by atoms with E-state index in [1.807, 2.05) is 0 Å². The van der Waals surface area contributed by atoms with Crippen molar-refractivity contribution >= 4 is 11.8 Å². The molecule has 18 heavy (non-hydrogen) atoms. The first kappa shape index (κ1) is 12.3. The Hall–Kier alpha value is -2.12. The lowest BCUT2D eigenvalue weighted by Crippen LogP contribution is -2.15. The number of halogens is 3. The van der Waals surface area contributed by atoms with Crippen molar-refractivity contribution < 1.29 is 13.2 Å². The van der Waals surface area contributed by atoms with Gasteiger partial charge in [0.25, 0.3) is 0 Å². The van der Waals surface area contributed by atoms with E-state index in [9.17, 15) is 13.2 Å². The molecule has 0 aromatic carbocycles. The Bertz CT molecular complexity index is 520. The number of hydrogen-bond acceptors (Lipinski definition) is 4. The highest BCUT2D eigenvalue weighted by atomic mass is 19.4. The minimum Gasteiger partial charge on any atom is -0.309 e. The van der Waals surface area contributed by atoms with Gasteiger partial charge >= 0.3 is 6.18 Å². The number of alkyl halides is 3. The van der Waals surface area contributed by atoms with Crippen molar-refractivity contribution in [2.75, 3.05) is 5.32 Å². The molecule has 0 aliphatic rings. The fourth-order valence-electron chi connectivity index (χ4n) is 1.50. The molecule has 96 valence electrons. The van der Waals surface area contributed by atoms with E-state index >= 15 is 0 Å². The molecule has 2 aromatic heterocycles. The Morgan fingerprint density at radius 2 is 1.89 bits per heavy atom. The third-order valence-electron chi connectivity index (χ3n) is 2.23. The third-order valence-corrected chi connectivity index (χ3v) is 2.23. The maximum Gasteiger partial charge on any atom is 0.449 e. The highest BCUT2D eigenvalue weighted by Crippen LogP contribution is 2.30. The van der Waals surface area contributed by atoms with E-state index in [-0.39, 0.29) is 18.3 Å². The van der Waals surface area contributed by atoms with Gasteiger partial charge in [-0.25, -0.2) is 15.0 Å². The predicted octanol–water partition coefficient (Wildman–Crippen LogP) is 2.46. The fourth-order valence-corrected chi connectivity index (χ4v) is 1.50. The summed E-state index contributed by atoms with van der Waals surface area (Å²) < 4.78 is 39.0. The zero-order valence-electron chi connectivity index (χ0n) is 9.44. The van der Waals surface area contributed by atoms with Crippen molar-refractivity contribution in [3.63, 3.8) is 0 Å². The lowest BCUT2D eigenvalue weighted by atomic mass is 10.5. The van der Waals surface area contributed by atoms with Crippen molar-refractivity contribution in [1.29, 1.82) is 0 Å². The number of anilines is 2. The molecule has 1 N–H and O–H groups in total. The lowest BCUT2D eigenvalue weighted by Gasteiger charge is -2.11. The number of nitrogens with one attached hydrogen (secondary N) is 1. The smallest absolute Gasteiger partial charge is 0.309 e. The highest BCUT2D eigenvalue weighted by molar-refractivity contribution is 5.47. The molecule has 8 heteroatoms. The van der Waals surface area contributed by atoms with Gasteiger partial charge in [0.2, 0.25) is 11.8 Å². The molecular weight excluding hydrogens is 247 g/mol. The van der Waals surface area contributed by atoms with E-state index < -0.39 is 12.0 Å². The van der Waals surface area contributed by atoms with E-state index in [1.54, 1.807) is 13.0 Å². The number of aromatic nitrogens is 4. The minimum atomic E-state index is -4.48. The Balaban J connectivity index is 2.32. The first-order valence-electron chi connectivity index (χ1n) is 5.19. The van der Waals surface area contributed by atoms with E-state index in [4.69, 9.17) is 0 Å². The maximum atomic E-state index is 12.6. The number of nitrogens with zero attached hydrogens (tertiary/aromatic N) is 4. The average molecular weight is 257 g/mol. The van der Waals surface area contributed by atoms with Gasteiger partial charge in [-0.2, -0.15) is 13.2 Å². The summed E-state index contributed by atoms with van der Waals surface area (Å²) in [6, 6.07) is 1.61. The number of rotatable bonds is 3. The van der Waals surface area contributed by atoms with Gasteiger partial charge in [0.05, 0.1) is 6.20 Å². The van der Waals surface area contributed by atoms with Crippen LogP contribution in [0.15, 0.2) is 24.7 Å². The molecule has 0 amide bonds. The van der Waals surface area contributed by atoms with Gasteiger partial charge in [-0.15, -0.1) is 0 Å². The second-order valence-corrected chi connectivity index (χ2v) is 3.41. The first-order valence-corrected chi connectivity index (χ1v) is 5.19. The molecule has 0 radical (unpaired) electrons. The van der Waals surface area contributed by atoms with Crippen molar-refractivity contribution in [2.45, 2.75) is 19.6 Å². The van der Waals surface area contributed by atoms with E-state index in [0.717, 1.165) is 10.8 Å². The molecule has 0 aliphatic carbocycles. The molecule has 0 fully saturated rings. The van der Waals surface area contributed by atoms with Crippen LogP contribution < -0.4 is 5.32 Å². The van der Waals surface area contributed by atoms with Gasteiger partial charge in [-0.05, 0) is 13.0 Å². The SMILES string of the molecule is CCn1c(Nc2ncccn2)cnc1C(F)(F)F. The second kappa shape index (κ2) is 4.63. The molecule has 2 aromatic rings. The summed E-state index contributed by atoms with van der Waals surface area (Å²) in [7, 11) is 0. The molecule has 0 unspecified atom stereocenters. The zero-order chi connectivity index (χ0) is 13.2. The van der Waals surface area contributed by atoms with Crippen LogP contribution in [-0.2, 0) is 12.7 Å². The van der Waals surface area contributed by atoms with Crippen LogP contribution in [0.2, 0.25) is 0 Å². The fraction of sp³-hybridized carbons (Fsp3) is 0.300. The van der Waals surface area contributed by atoms with Crippen LogP contribution >= 0.6 is 0 Å². The molecule has 0 saturated carbocycles. The molecule has 0 bridgehead atoms. The van der Waals surface area contributed by atoms with Crippen molar-refractivity contribution in [1.82, 2.24) is 19.5 Å². The Labute approximate surface area is 101 Å². The monoisotopic (exact) mass is 257 g/mol. The second-order valence-electron chi connectivity index (χ2n) is 3.41. The van der Waals surface area contributed by atoms with E-state index in [2.05, 4.69) is 20.3 Å². The Morgan fingerprint density at radius 1 is 1.22 bits per heavy atom. The van der Waals surface area contributed by atoms with Gasteiger partial charge in [-0.1, -0.05) is 0 Å². The molecule has 0 atom stereocenters. The first-order chi connectivity index (χ1) is 8.52. The number of imidazole rings is 1. The van der Waals surface area contributed by atoms with Crippen LogP contribution in [0, 0.1) is 0 Å². The summed E-state index contributed by atoms with van der Waals surface area (Å²) in [6.07, 6.45) is -0.379. The zero-order valence-corrected chi connectivity index (χ0v) is 9.44. The highest BCUT2D eigenvalue weighted by Gasteiger charge is 2.37. The molecule has 0 aliphatic heterocycles. The van der Waals surface area contributed by atoms with Crippen LogP contribution in [-0.4, -0.2) is 19.5 Å². The van der Waals surface area contributed by atoms with E-state index in [0.29, 0.717) is 0 Å². The van der Waals surface area contributed by atoms with Gasteiger partial charge in [0.15, 0.2) is 0 Å². The van der Waals surface area contributed by atoms with Crippen LogP contribution in [0.25, 0.3) is 0 Å². The molecule has 2 heterocycles.